The molecule has 2 aromatic carbocycles. The highest BCUT2D eigenvalue weighted by Gasteiger charge is 2.22. The number of aryl methyl sites for hydroxylation is 1. The fraction of sp³-hybridized carbons (Fsp3) is 0.294. The third-order valence-corrected chi connectivity index (χ3v) is 5.51. The van der Waals surface area contributed by atoms with Gasteiger partial charge in [-0.2, -0.15) is 0 Å². The predicted molar refractivity (Wildman–Crippen MR) is 90.9 cm³/mol. The molecule has 2 N–H and O–H groups in total. The van der Waals surface area contributed by atoms with E-state index in [-0.39, 0.29) is 24.0 Å². The smallest absolute Gasteiger partial charge is 0.240 e. The first kappa shape index (κ1) is 17.4. The molecule has 8 heteroatoms. The van der Waals surface area contributed by atoms with Crippen LogP contribution >= 0.6 is 0 Å². The number of ether oxygens (including phenoxy) is 3. The number of rotatable bonds is 6. The Kier molecular flexibility index (Phi) is 4.73. The summed E-state index contributed by atoms with van der Waals surface area (Å²) >= 11 is 0. The molecule has 0 aliphatic carbocycles. The summed E-state index contributed by atoms with van der Waals surface area (Å²) < 4.78 is 43.2. The second-order valence-electron chi connectivity index (χ2n) is 5.62. The molecule has 0 spiro atoms. The molecule has 134 valence electrons. The minimum atomic E-state index is -3.67. The van der Waals surface area contributed by atoms with E-state index in [0.717, 1.165) is 5.56 Å². The number of fused-ring (bicyclic) bond motifs is 1. The van der Waals surface area contributed by atoms with E-state index in [9.17, 15) is 13.5 Å². The Hall–Kier alpha value is -2.45. The minimum absolute atomic E-state index is 0.0443. The molecule has 1 aliphatic heterocycles. The van der Waals surface area contributed by atoms with Crippen molar-refractivity contribution in [3.8, 4) is 23.0 Å². The zero-order valence-electron chi connectivity index (χ0n) is 13.9. The first-order valence-electron chi connectivity index (χ1n) is 7.66. The van der Waals surface area contributed by atoms with E-state index in [1.54, 1.807) is 25.1 Å². The van der Waals surface area contributed by atoms with Gasteiger partial charge in [0.2, 0.25) is 16.8 Å². The van der Waals surface area contributed by atoms with Crippen LogP contribution in [-0.2, 0) is 16.4 Å². The standard InChI is InChI=1S/C17H19NO6S/c1-11-7-15-16(24-10-23-15)9-17(11)25(20,21)18-6-5-12-3-4-13(19)14(8-12)22-2/h3-4,7-9,18-19H,5-6,10H2,1-2H3. The van der Waals surface area contributed by atoms with E-state index >= 15 is 0 Å². The van der Waals surface area contributed by atoms with Gasteiger partial charge >= 0.3 is 0 Å². The number of aromatic hydroxyl groups is 1. The van der Waals surface area contributed by atoms with Gasteiger partial charge in [0, 0.05) is 12.6 Å². The topological polar surface area (TPSA) is 94.1 Å². The Morgan fingerprint density at radius 3 is 2.64 bits per heavy atom. The Labute approximate surface area is 146 Å². The third-order valence-electron chi connectivity index (χ3n) is 3.91. The van der Waals surface area contributed by atoms with Crippen LogP contribution in [0.5, 0.6) is 23.0 Å². The summed E-state index contributed by atoms with van der Waals surface area (Å²) in [5.74, 6) is 1.37. The molecule has 0 saturated carbocycles. The SMILES string of the molecule is COc1cc(CCNS(=O)(=O)c2cc3c(cc2C)OCO3)ccc1O. The fourth-order valence-electron chi connectivity index (χ4n) is 2.60. The summed E-state index contributed by atoms with van der Waals surface area (Å²) in [7, 11) is -2.21. The van der Waals surface area contributed by atoms with Crippen molar-refractivity contribution in [3.63, 3.8) is 0 Å². The number of methoxy groups -OCH3 is 1. The van der Waals surface area contributed by atoms with Crippen molar-refractivity contribution in [1.82, 2.24) is 4.72 Å². The lowest BCUT2D eigenvalue weighted by molar-refractivity contribution is 0.174. The van der Waals surface area contributed by atoms with Crippen molar-refractivity contribution in [2.45, 2.75) is 18.2 Å². The molecule has 2 aromatic rings. The molecule has 0 saturated heterocycles. The number of phenolic OH excluding ortho intramolecular Hbond substituents is 1. The molecule has 0 amide bonds. The van der Waals surface area contributed by atoms with E-state index in [1.807, 2.05) is 0 Å². The average Bonchev–Trinajstić information content (AvgIpc) is 3.02. The van der Waals surface area contributed by atoms with Gasteiger partial charge in [-0.05, 0) is 42.7 Å². The first-order valence-corrected chi connectivity index (χ1v) is 9.15. The highest BCUT2D eigenvalue weighted by Crippen LogP contribution is 2.36. The molecule has 1 aliphatic rings. The van der Waals surface area contributed by atoms with E-state index in [2.05, 4.69) is 4.72 Å². The molecule has 3 rings (SSSR count). The lowest BCUT2D eigenvalue weighted by atomic mass is 10.1. The van der Waals surface area contributed by atoms with Crippen molar-refractivity contribution in [2.75, 3.05) is 20.4 Å². The van der Waals surface area contributed by atoms with Crippen LogP contribution in [0, 0.1) is 6.92 Å². The highest BCUT2D eigenvalue weighted by molar-refractivity contribution is 7.89. The van der Waals surface area contributed by atoms with Crippen LogP contribution < -0.4 is 18.9 Å². The van der Waals surface area contributed by atoms with Crippen LogP contribution in [0.4, 0.5) is 0 Å². The van der Waals surface area contributed by atoms with Crippen LogP contribution in [0.3, 0.4) is 0 Å². The molecule has 0 atom stereocenters. The maximum absolute atomic E-state index is 12.5. The van der Waals surface area contributed by atoms with Crippen molar-refractivity contribution in [2.24, 2.45) is 0 Å². The molecule has 0 aromatic heterocycles. The zero-order valence-corrected chi connectivity index (χ0v) is 14.7. The van der Waals surface area contributed by atoms with Crippen molar-refractivity contribution < 1.29 is 27.7 Å². The van der Waals surface area contributed by atoms with Gasteiger partial charge in [0.25, 0.3) is 0 Å². The van der Waals surface area contributed by atoms with E-state index in [4.69, 9.17) is 14.2 Å². The minimum Gasteiger partial charge on any atom is -0.504 e. The van der Waals surface area contributed by atoms with Crippen LogP contribution in [0.25, 0.3) is 0 Å². The van der Waals surface area contributed by atoms with Crippen LogP contribution in [0.15, 0.2) is 35.2 Å². The monoisotopic (exact) mass is 365 g/mol. The van der Waals surface area contributed by atoms with Crippen molar-refractivity contribution >= 4 is 10.0 Å². The Morgan fingerprint density at radius 2 is 1.92 bits per heavy atom. The Bertz CT molecular complexity index is 894. The fourth-order valence-corrected chi connectivity index (χ4v) is 3.87. The summed E-state index contributed by atoms with van der Waals surface area (Å²) in [6, 6.07) is 8.05. The van der Waals surface area contributed by atoms with Crippen molar-refractivity contribution in [1.29, 1.82) is 0 Å². The number of sulfonamides is 1. The summed E-state index contributed by atoms with van der Waals surface area (Å²) in [4.78, 5) is 0.167. The van der Waals surface area contributed by atoms with E-state index in [0.29, 0.717) is 29.2 Å². The van der Waals surface area contributed by atoms with Crippen LogP contribution in [0.1, 0.15) is 11.1 Å². The van der Waals surface area contributed by atoms with Gasteiger partial charge in [-0.1, -0.05) is 6.07 Å². The molecule has 0 bridgehead atoms. The van der Waals surface area contributed by atoms with Gasteiger partial charge in [-0.15, -0.1) is 0 Å². The first-order chi connectivity index (χ1) is 11.9. The van der Waals surface area contributed by atoms with Gasteiger partial charge in [-0.25, -0.2) is 13.1 Å². The molecule has 7 nitrogen and oxygen atoms in total. The zero-order chi connectivity index (χ0) is 18.0. The molecule has 0 fully saturated rings. The maximum Gasteiger partial charge on any atom is 0.240 e. The number of phenols is 1. The molecule has 25 heavy (non-hydrogen) atoms. The largest absolute Gasteiger partial charge is 0.504 e. The van der Waals surface area contributed by atoms with Gasteiger partial charge in [-0.3, -0.25) is 0 Å². The van der Waals surface area contributed by atoms with Gasteiger partial charge < -0.3 is 19.3 Å². The highest BCUT2D eigenvalue weighted by atomic mass is 32.2. The molecular formula is C17H19NO6S. The van der Waals surface area contributed by atoms with Gasteiger partial charge in [0.15, 0.2) is 23.0 Å². The number of hydrogen-bond donors (Lipinski definition) is 2. The number of benzene rings is 2. The van der Waals surface area contributed by atoms with E-state index < -0.39 is 10.0 Å². The second-order valence-corrected chi connectivity index (χ2v) is 7.36. The lowest BCUT2D eigenvalue weighted by Crippen LogP contribution is -2.26. The number of nitrogens with one attached hydrogen (secondary N) is 1. The molecule has 1 heterocycles. The molecular weight excluding hydrogens is 346 g/mol. The molecule has 0 unspecified atom stereocenters. The summed E-state index contributed by atoms with van der Waals surface area (Å²) in [6.07, 6.45) is 0.458. The average molecular weight is 365 g/mol. The van der Waals surface area contributed by atoms with E-state index in [1.165, 1.54) is 19.2 Å². The lowest BCUT2D eigenvalue weighted by Gasteiger charge is -2.11. The summed E-state index contributed by atoms with van der Waals surface area (Å²) in [5.41, 5.74) is 1.43. The van der Waals surface area contributed by atoms with Crippen molar-refractivity contribution in [3.05, 3.63) is 41.5 Å². The van der Waals surface area contributed by atoms with Gasteiger partial charge in [0.1, 0.15) is 0 Å². The second kappa shape index (κ2) is 6.81. The summed E-state index contributed by atoms with van der Waals surface area (Å²) in [6.45, 7) is 2.01. The molecule has 0 radical (unpaired) electrons. The Morgan fingerprint density at radius 1 is 1.20 bits per heavy atom. The van der Waals surface area contributed by atoms with Crippen LogP contribution in [-0.4, -0.2) is 34.0 Å². The number of hydrogen-bond acceptors (Lipinski definition) is 6. The third kappa shape index (κ3) is 3.64. The van der Waals surface area contributed by atoms with Crippen LogP contribution in [0.2, 0.25) is 0 Å². The summed E-state index contributed by atoms with van der Waals surface area (Å²) in [5, 5.41) is 9.59. The predicted octanol–water partition coefficient (Wildman–Crippen LogP) is 1.96. The normalized spacial score (nSPS) is 13.0. The Balaban J connectivity index is 1.70. The van der Waals surface area contributed by atoms with Gasteiger partial charge in [0.05, 0.1) is 12.0 Å². The quantitative estimate of drug-likeness (QED) is 0.813. The maximum atomic E-state index is 12.5.